The lowest BCUT2D eigenvalue weighted by atomic mass is 9.97. The molecule has 1 aromatic carbocycles. The Bertz CT molecular complexity index is 627. The highest BCUT2D eigenvalue weighted by Gasteiger charge is 2.22. The molecule has 6 nitrogen and oxygen atoms in total. The lowest BCUT2D eigenvalue weighted by molar-refractivity contribution is -0.137. The monoisotopic (exact) mass is 339 g/mol. The van der Waals surface area contributed by atoms with Gasteiger partial charge in [0, 0.05) is 30.4 Å². The summed E-state index contributed by atoms with van der Waals surface area (Å²) in [6, 6.07) is 3.88. The van der Waals surface area contributed by atoms with E-state index in [0.717, 1.165) is 6.07 Å². The van der Waals surface area contributed by atoms with E-state index in [-0.39, 0.29) is 48.7 Å². The Kier molecular flexibility index (Phi) is 6.88. The molecule has 0 saturated heterocycles. The summed E-state index contributed by atoms with van der Waals surface area (Å²) < 4.78 is 18.4. The lowest BCUT2D eigenvalue weighted by Gasteiger charge is -2.25. The third-order valence-electron chi connectivity index (χ3n) is 3.49. The van der Waals surface area contributed by atoms with E-state index in [9.17, 15) is 18.8 Å². The minimum atomic E-state index is -0.936. The molecule has 0 bridgehead atoms. The summed E-state index contributed by atoms with van der Waals surface area (Å²) in [5.74, 6) is -2.23. The lowest BCUT2D eigenvalue weighted by Crippen LogP contribution is -2.43. The van der Waals surface area contributed by atoms with Gasteiger partial charge in [-0.3, -0.25) is 14.4 Å². The number of hydrogen-bond donors (Lipinski definition) is 2. The fraction of sp³-hybridized carbons (Fsp3) is 0.471. The first-order valence-electron chi connectivity index (χ1n) is 7.54. The molecule has 1 aromatic rings. The van der Waals surface area contributed by atoms with Gasteiger partial charge < -0.3 is 15.2 Å². The van der Waals surface area contributed by atoms with Crippen LogP contribution in [-0.4, -0.2) is 35.4 Å². The van der Waals surface area contributed by atoms with Gasteiger partial charge in [0.05, 0.1) is 7.11 Å². The van der Waals surface area contributed by atoms with Crippen LogP contribution in [0.3, 0.4) is 0 Å². The van der Waals surface area contributed by atoms with Crippen LogP contribution < -0.4 is 10.1 Å². The minimum absolute atomic E-state index is 0.0458. The van der Waals surface area contributed by atoms with Crippen molar-refractivity contribution in [3.05, 3.63) is 29.6 Å². The number of benzene rings is 1. The molecule has 0 unspecified atom stereocenters. The van der Waals surface area contributed by atoms with E-state index in [2.05, 4.69) is 5.32 Å². The van der Waals surface area contributed by atoms with Crippen molar-refractivity contribution in [2.75, 3.05) is 7.11 Å². The summed E-state index contributed by atoms with van der Waals surface area (Å²) in [7, 11) is 1.33. The Morgan fingerprint density at radius 3 is 2.42 bits per heavy atom. The molecule has 132 valence electrons. The Balaban J connectivity index is 2.53. The molecule has 0 heterocycles. The molecule has 2 N–H and O–H groups in total. The average Bonchev–Trinajstić information content (AvgIpc) is 2.50. The van der Waals surface area contributed by atoms with Crippen LogP contribution in [0.4, 0.5) is 4.39 Å². The van der Waals surface area contributed by atoms with Crippen molar-refractivity contribution in [2.24, 2.45) is 0 Å². The van der Waals surface area contributed by atoms with Crippen molar-refractivity contribution in [3.8, 4) is 5.75 Å². The molecule has 0 saturated carbocycles. The summed E-state index contributed by atoms with van der Waals surface area (Å²) in [6.07, 6.45) is 0.110. The number of amides is 1. The van der Waals surface area contributed by atoms with E-state index in [1.165, 1.54) is 19.2 Å². The van der Waals surface area contributed by atoms with Crippen LogP contribution in [0, 0.1) is 5.82 Å². The standard InChI is InChI=1S/C17H22FNO5/c1-17(2,9-8-16(22)23)19-15(21)7-5-13(20)11-4-6-14(24-3)12(18)10-11/h4,6,10H,5,7-9H2,1-3H3,(H,19,21)(H,22,23). The number of Topliss-reactive ketones (excluding diaryl/α,β-unsaturated/α-hetero) is 1. The number of ketones is 1. The molecule has 1 amide bonds. The van der Waals surface area contributed by atoms with Crippen LogP contribution in [0.1, 0.15) is 49.9 Å². The maximum Gasteiger partial charge on any atom is 0.303 e. The average molecular weight is 339 g/mol. The highest BCUT2D eigenvalue weighted by atomic mass is 19.1. The van der Waals surface area contributed by atoms with E-state index in [1.54, 1.807) is 13.8 Å². The highest BCUT2D eigenvalue weighted by molar-refractivity contribution is 5.98. The van der Waals surface area contributed by atoms with Gasteiger partial charge in [-0.15, -0.1) is 0 Å². The summed E-state index contributed by atoms with van der Waals surface area (Å²) >= 11 is 0. The zero-order valence-electron chi connectivity index (χ0n) is 14.0. The molecule has 0 radical (unpaired) electrons. The predicted molar refractivity (Wildman–Crippen MR) is 85.6 cm³/mol. The van der Waals surface area contributed by atoms with Crippen molar-refractivity contribution in [1.29, 1.82) is 0 Å². The Morgan fingerprint density at radius 1 is 1.21 bits per heavy atom. The number of halogens is 1. The van der Waals surface area contributed by atoms with Gasteiger partial charge >= 0.3 is 5.97 Å². The van der Waals surface area contributed by atoms with Gasteiger partial charge in [-0.05, 0) is 38.5 Å². The number of carboxylic acid groups (broad SMARTS) is 1. The topological polar surface area (TPSA) is 92.7 Å². The Morgan fingerprint density at radius 2 is 1.88 bits per heavy atom. The number of nitrogens with one attached hydrogen (secondary N) is 1. The summed E-state index contributed by atoms with van der Waals surface area (Å²) in [5.41, 5.74) is -0.503. The summed E-state index contributed by atoms with van der Waals surface area (Å²) in [6.45, 7) is 3.43. The van der Waals surface area contributed by atoms with Gasteiger partial charge in [0.2, 0.25) is 5.91 Å². The minimum Gasteiger partial charge on any atom is -0.494 e. The van der Waals surface area contributed by atoms with Crippen molar-refractivity contribution in [2.45, 2.75) is 45.1 Å². The number of ether oxygens (including phenoxy) is 1. The number of hydrogen-bond acceptors (Lipinski definition) is 4. The van der Waals surface area contributed by atoms with Crippen molar-refractivity contribution >= 4 is 17.7 Å². The molecule has 0 aliphatic rings. The van der Waals surface area contributed by atoms with E-state index in [4.69, 9.17) is 9.84 Å². The first-order chi connectivity index (χ1) is 11.1. The number of carbonyl (C=O) groups excluding carboxylic acids is 2. The SMILES string of the molecule is COc1ccc(C(=O)CCC(=O)NC(C)(C)CCC(=O)O)cc1F. The van der Waals surface area contributed by atoms with Crippen LogP contribution >= 0.6 is 0 Å². The fourth-order valence-corrected chi connectivity index (χ4v) is 2.13. The fourth-order valence-electron chi connectivity index (χ4n) is 2.13. The second-order valence-corrected chi connectivity index (χ2v) is 6.10. The third-order valence-corrected chi connectivity index (χ3v) is 3.49. The van der Waals surface area contributed by atoms with Gasteiger partial charge in [0.25, 0.3) is 0 Å². The second-order valence-electron chi connectivity index (χ2n) is 6.10. The molecular weight excluding hydrogens is 317 g/mol. The summed E-state index contributed by atoms with van der Waals surface area (Å²) in [4.78, 5) is 34.5. The first kappa shape index (κ1) is 19.6. The van der Waals surface area contributed by atoms with E-state index in [1.807, 2.05) is 0 Å². The zero-order chi connectivity index (χ0) is 18.3. The number of carbonyl (C=O) groups is 3. The zero-order valence-corrected chi connectivity index (χ0v) is 14.0. The Labute approximate surface area is 140 Å². The number of aliphatic carboxylic acids is 1. The molecule has 0 aliphatic heterocycles. The molecule has 24 heavy (non-hydrogen) atoms. The first-order valence-corrected chi connectivity index (χ1v) is 7.54. The van der Waals surface area contributed by atoms with Gasteiger partial charge in [0.15, 0.2) is 17.3 Å². The molecule has 0 aliphatic carbocycles. The molecule has 0 spiro atoms. The van der Waals surface area contributed by atoms with Gasteiger partial charge in [-0.25, -0.2) is 4.39 Å². The Hall–Kier alpha value is -2.44. The molecule has 0 atom stereocenters. The van der Waals surface area contributed by atoms with Gasteiger partial charge in [-0.2, -0.15) is 0 Å². The van der Waals surface area contributed by atoms with E-state index < -0.39 is 17.3 Å². The van der Waals surface area contributed by atoms with Crippen molar-refractivity contribution < 1.29 is 28.6 Å². The van der Waals surface area contributed by atoms with Crippen LogP contribution in [0.25, 0.3) is 0 Å². The maximum absolute atomic E-state index is 13.6. The van der Waals surface area contributed by atoms with Crippen molar-refractivity contribution in [1.82, 2.24) is 5.32 Å². The number of carboxylic acids is 1. The van der Waals surface area contributed by atoms with Crippen molar-refractivity contribution in [3.63, 3.8) is 0 Å². The van der Waals surface area contributed by atoms with E-state index in [0.29, 0.717) is 0 Å². The second kappa shape index (κ2) is 8.42. The van der Waals surface area contributed by atoms with Crippen LogP contribution in [0.5, 0.6) is 5.75 Å². The van der Waals surface area contributed by atoms with Crippen LogP contribution in [0.2, 0.25) is 0 Å². The largest absolute Gasteiger partial charge is 0.494 e. The maximum atomic E-state index is 13.6. The number of methoxy groups -OCH3 is 1. The van der Waals surface area contributed by atoms with Crippen LogP contribution in [0.15, 0.2) is 18.2 Å². The van der Waals surface area contributed by atoms with Gasteiger partial charge in [0.1, 0.15) is 0 Å². The molecule has 7 heteroatoms. The quantitative estimate of drug-likeness (QED) is 0.675. The number of rotatable bonds is 9. The molecule has 0 fully saturated rings. The van der Waals surface area contributed by atoms with E-state index >= 15 is 0 Å². The predicted octanol–water partition coefficient (Wildman–Crippen LogP) is 2.56. The molecule has 1 rings (SSSR count). The normalized spacial score (nSPS) is 11.0. The van der Waals surface area contributed by atoms with Gasteiger partial charge in [-0.1, -0.05) is 0 Å². The highest BCUT2D eigenvalue weighted by Crippen LogP contribution is 2.19. The summed E-state index contributed by atoms with van der Waals surface area (Å²) in [5, 5.41) is 11.4. The third kappa shape index (κ3) is 6.36. The van der Waals surface area contributed by atoms with Crippen LogP contribution in [-0.2, 0) is 9.59 Å². The molecular formula is C17H22FNO5. The smallest absolute Gasteiger partial charge is 0.303 e. The molecule has 0 aromatic heterocycles.